The van der Waals surface area contributed by atoms with Crippen LogP contribution in [-0.4, -0.2) is 26.9 Å². The van der Waals surface area contributed by atoms with Crippen molar-refractivity contribution < 1.29 is 18.3 Å². The molecule has 0 aliphatic heterocycles. The van der Waals surface area contributed by atoms with Gasteiger partial charge in [-0.15, -0.1) is 0 Å². The minimum Gasteiger partial charge on any atom is -0.466 e. The maximum Gasteiger partial charge on any atom is 0.310 e. The molecule has 0 saturated heterocycles. The number of nitrogens with zero attached hydrogens (tertiary/aromatic N) is 3. The van der Waals surface area contributed by atoms with E-state index in [2.05, 4.69) is 12.0 Å². The molecular weight excluding hydrogens is 480 g/mol. The number of hydrogen-bond acceptors (Lipinski definition) is 4. The zero-order chi connectivity index (χ0) is 24.4. The van der Waals surface area contributed by atoms with Crippen LogP contribution >= 0.6 is 23.4 Å². The van der Waals surface area contributed by atoms with Gasteiger partial charge in [-0.2, -0.15) is 5.10 Å². The van der Waals surface area contributed by atoms with Crippen molar-refractivity contribution in [2.45, 2.75) is 49.9 Å². The van der Waals surface area contributed by atoms with Gasteiger partial charge in [0.25, 0.3) is 0 Å². The van der Waals surface area contributed by atoms with E-state index in [9.17, 15) is 4.79 Å². The summed E-state index contributed by atoms with van der Waals surface area (Å²) in [5, 5.41) is 4.99. The summed E-state index contributed by atoms with van der Waals surface area (Å²) in [6, 6.07) is 8.14. The number of benzene rings is 2. The Balaban J connectivity index is 1.82. The monoisotopic (exact) mass is 503 g/mol. The van der Waals surface area contributed by atoms with Gasteiger partial charge in [-0.25, -0.2) is 8.78 Å². The highest BCUT2D eigenvalue weighted by molar-refractivity contribution is 7.99. The van der Waals surface area contributed by atoms with Crippen LogP contribution in [0.3, 0.4) is 0 Å². The highest BCUT2D eigenvalue weighted by atomic mass is 35.5. The van der Waals surface area contributed by atoms with E-state index in [-0.39, 0.29) is 23.6 Å². The van der Waals surface area contributed by atoms with Crippen LogP contribution in [0.5, 0.6) is 0 Å². The van der Waals surface area contributed by atoms with Crippen LogP contribution in [0.4, 0.5) is 8.78 Å². The van der Waals surface area contributed by atoms with E-state index in [0.717, 1.165) is 18.7 Å². The van der Waals surface area contributed by atoms with Crippen LogP contribution < -0.4 is 0 Å². The molecular formula is C25H24ClF2N3O2S. The Morgan fingerprint density at radius 2 is 1.97 bits per heavy atom. The summed E-state index contributed by atoms with van der Waals surface area (Å²) < 4.78 is 39.1. The topological polar surface area (TPSA) is 49.0 Å². The number of ether oxygens (including phenoxy) is 1. The second kappa shape index (κ2) is 10.2. The predicted octanol–water partition coefficient (Wildman–Crippen LogP) is 6.73. The lowest BCUT2D eigenvalue weighted by molar-refractivity contribution is -0.142. The zero-order valence-electron chi connectivity index (χ0n) is 19.1. The van der Waals surface area contributed by atoms with Crippen LogP contribution in [0.1, 0.15) is 31.5 Å². The maximum absolute atomic E-state index is 15.3. The van der Waals surface area contributed by atoms with E-state index in [0.29, 0.717) is 26.4 Å². The lowest BCUT2D eigenvalue weighted by Crippen LogP contribution is -2.09. The van der Waals surface area contributed by atoms with Gasteiger partial charge in [0.15, 0.2) is 5.82 Å². The maximum atomic E-state index is 15.3. The molecule has 4 aromatic rings. The van der Waals surface area contributed by atoms with Crippen molar-refractivity contribution in [3.05, 3.63) is 70.6 Å². The van der Waals surface area contributed by atoms with Gasteiger partial charge in [0, 0.05) is 39.2 Å². The van der Waals surface area contributed by atoms with E-state index >= 15 is 8.78 Å². The first-order chi connectivity index (χ1) is 16.3. The van der Waals surface area contributed by atoms with Crippen LogP contribution in [0.2, 0.25) is 5.02 Å². The van der Waals surface area contributed by atoms with Crippen LogP contribution in [0.15, 0.2) is 52.5 Å². The number of aromatic nitrogens is 3. The molecule has 9 heteroatoms. The van der Waals surface area contributed by atoms with E-state index in [4.69, 9.17) is 16.3 Å². The Morgan fingerprint density at radius 1 is 1.18 bits per heavy atom. The minimum atomic E-state index is -0.547. The summed E-state index contributed by atoms with van der Waals surface area (Å²) in [5.74, 6) is -1.53. The average molecular weight is 504 g/mol. The Labute approximate surface area is 205 Å². The number of esters is 1. The Hall–Kier alpha value is -2.84. The van der Waals surface area contributed by atoms with Gasteiger partial charge < -0.3 is 9.30 Å². The van der Waals surface area contributed by atoms with Gasteiger partial charge in [-0.1, -0.05) is 42.4 Å². The summed E-state index contributed by atoms with van der Waals surface area (Å²) in [6.45, 7) is 6.58. The third-order valence-electron chi connectivity index (χ3n) is 5.43. The molecule has 0 spiro atoms. The molecule has 0 amide bonds. The number of halogens is 3. The average Bonchev–Trinajstić information content (AvgIpc) is 3.36. The molecule has 34 heavy (non-hydrogen) atoms. The number of rotatable bonds is 8. The van der Waals surface area contributed by atoms with Gasteiger partial charge in [0.2, 0.25) is 0 Å². The first-order valence-electron chi connectivity index (χ1n) is 11.0. The van der Waals surface area contributed by atoms with Crippen LogP contribution in [0.25, 0.3) is 16.6 Å². The second-order valence-corrected chi connectivity index (χ2v) is 9.24. The minimum absolute atomic E-state index is 0.00589. The summed E-state index contributed by atoms with van der Waals surface area (Å²) >= 11 is 7.31. The van der Waals surface area contributed by atoms with Gasteiger partial charge >= 0.3 is 5.97 Å². The standard InChI is InChI=1S/C25H24ClF2N3O2S/c1-4-11-30-14-17(13-29-30)31-15(3)25(18-9-10-19(26)23(28)24(18)31)34-20-8-6-7-16(22(20)27)12-21(32)33-5-2/h6-10,13-14H,4-5,11-12H2,1-3H3. The van der Waals surface area contributed by atoms with Crippen molar-refractivity contribution in [2.75, 3.05) is 6.61 Å². The molecule has 2 aromatic heterocycles. The van der Waals surface area contributed by atoms with Crippen molar-refractivity contribution in [3.63, 3.8) is 0 Å². The van der Waals surface area contributed by atoms with Crippen LogP contribution in [0, 0.1) is 18.6 Å². The summed E-state index contributed by atoms with van der Waals surface area (Å²) in [7, 11) is 0. The van der Waals surface area contributed by atoms with Crippen LogP contribution in [-0.2, 0) is 22.5 Å². The molecule has 2 aromatic carbocycles. The lowest BCUT2D eigenvalue weighted by atomic mass is 10.1. The van der Waals surface area contributed by atoms with Crippen molar-refractivity contribution in [1.82, 2.24) is 14.3 Å². The normalized spacial score (nSPS) is 11.4. The highest BCUT2D eigenvalue weighted by Gasteiger charge is 2.23. The van der Waals surface area contributed by atoms with Crippen molar-refractivity contribution in [1.29, 1.82) is 0 Å². The molecule has 0 N–H and O–H groups in total. The van der Waals surface area contributed by atoms with E-state index in [1.807, 2.05) is 13.1 Å². The molecule has 0 atom stereocenters. The van der Waals surface area contributed by atoms with Gasteiger partial charge in [0.05, 0.1) is 35.5 Å². The Bertz CT molecular complexity index is 1370. The molecule has 4 rings (SSSR count). The fraction of sp³-hybridized carbons (Fsp3) is 0.280. The number of fused-ring (bicyclic) bond motifs is 1. The van der Waals surface area contributed by atoms with Gasteiger partial charge in [-0.3, -0.25) is 9.48 Å². The summed E-state index contributed by atoms with van der Waals surface area (Å²) in [4.78, 5) is 12.9. The van der Waals surface area contributed by atoms with Crippen molar-refractivity contribution in [3.8, 4) is 5.69 Å². The molecule has 0 aliphatic rings. The fourth-order valence-electron chi connectivity index (χ4n) is 3.93. The number of carbonyl (C=O) groups is 1. The largest absolute Gasteiger partial charge is 0.466 e. The highest BCUT2D eigenvalue weighted by Crippen LogP contribution is 2.42. The number of carbonyl (C=O) groups excluding carboxylic acids is 1. The predicted molar refractivity (Wildman–Crippen MR) is 130 cm³/mol. The van der Waals surface area contributed by atoms with Crippen molar-refractivity contribution >= 4 is 40.2 Å². The van der Waals surface area contributed by atoms with Gasteiger partial charge in [-0.05, 0) is 38.5 Å². The van der Waals surface area contributed by atoms with E-state index in [1.54, 1.807) is 46.6 Å². The van der Waals surface area contributed by atoms with Crippen molar-refractivity contribution in [2.24, 2.45) is 0 Å². The zero-order valence-corrected chi connectivity index (χ0v) is 20.6. The Kier molecular flexibility index (Phi) is 7.28. The molecule has 0 unspecified atom stereocenters. The first kappa shape index (κ1) is 24.3. The molecule has 0 fully saturated rings. The second-order valence-electron chi connectivity index (χ2n) is 7.78. The van der Waals surface area contributed by atoms with E-state index < -0.39 is 17.6 Å². The Morgan fingerprint density at radius 3 is 2.71 bits per heavy atom. The summed E-state index contributed by atoms with van der Waals surface area (Å²) in [5.41, 5.74) is 1.99. The lowest BCUT2D eigenvalue weighted by Gasteiger charge is -2.09. The third-order valence-corrected chi connectivity index (χ3v) is 6.97. The molecule has 0 aliphatic carbocycles. The first-order valence-corrected chi connectivity index (χ1v) is 12.2. The third kappa shape index (κ3) is 4.57. The fourth-order valence-corrected chi connectivity index (χ4v) is 5.18. The van der Waals surface area contributed by atoms with Gasteiger partial charge in [0.1, 0.15) is 5.82 Å². The quantitative estimate of drug-likeness (QED) is 0.250. The summed E-state index contributed by atoms with van der Waals surface area (Å²) in [6.07, 6.45) is 4.29. The molecule has 0 bridgehead atoms. The SMILES string of the molecule is CCCn1cc(-n2c(C)c(Sc3cccc(CC(=O)OCC)c3F)c3ccc(Cl)c(F)c32)cn1. The molecule has 178 valence electrons. The number of aryl methyl sites for hydroxylation is 1. The smallest absolute Gasteiger partial charge is 0.310 e. The number of hydrogen-bond donors (Lipinski definition) is 0. The molecule has 2 heterocycles. The van der Waals surface area contributed by atoms with E-state index in [1.165, 1.54) is 17.8 Å². The molecule has 0 radical (unpaired) electrons. The molecule has 0 saturated carbocycles. The molecule has 5 nitrogen and oxygen atoms in total.